The van der Waals surface area contributed by atoms with Crippen LogP contribution in [0.2, 0.25) is 0 Å². The number of benzene rings is 1. The Labute approximate surface area is 118 Å². The molecular formula is C16H22F3N. The quantitative estimate of drug-likeness (QED) is 0.789. The largest absolute Gasteiger partial charge is 0.416 e. The Balaban J connectivity index is 1.97. The fourth-order valence-corrected chi connectivity index (χ4v) is 2.90. The fraction of sp³-hybridized carbons (Fsp3) is 0.625. The lowest BCUT2D eigenvalue weighted by Crippen LogP contribution is -2.29. The lowest BCUT2D eigenvalue weighted by Gasteiger charge is -2.18. The second kappa shape index (κ2) is 6.61. The molecule has 0 aliphatic heterocycles. The summed E-state index contributed by atoms with van der Waals surface area (Å²) in [6, 6.07) is 6.18. The molecule has 0 saturated heterocycles. The van der Waals surface area contributed by atoms with Gasteiger partial charge in [0.05, 0.1) is 5.56 Å². The van der Waals surface area contributed by atoms with Gasteiger partial charge in [-0.05, 0) is 36.8 Å². The zero-order chi connectivity index (χ0) is 14.6. The molecule has 2 rings (SSSR count). The van der Waals surface area contributed by atoms with E-state index in [1.165, 1.54) is 25.3 Å². The second-order valence-corrected chi connectivity index (χ2v) is 5.85. The van der Waals surface area contributed by atoms with Crippen molar-refractivity contribution in [1.82, 2.24) is 5.32 Å². The summed E-state index contributed by atoms with van der Waals surface area (Å²) in [6.45, 7) is 2.55. The number of hydrogen-bond donors (Lipinski definition) is 1. The molecule has 0 spiro atoms. The van der Waals surface area contributed by atoms with Crippen molar-refractivity contribution in [1.29, 1.82) is 0 Å². The van der Waals surface area contributed by atoms with Gasteiger partial charge in [-0.2, -0.15) is 13.2 Å². The first-order valence-electron chi connectivity index (χ1n) is 7.35. The summed E-state index contributed by atoms with van der Waals surface area (Å²) >= 11 is 0. The monoisotopic (exact) mass is 285 g/mol. The lowest BCUT2D eigenvalue weighted by molar-refractivity contribution is -0.138. The highest BCUT2D eigenvalue weighted by Crippen LogP contribution is 2.32. The first kappa shape index (κ1) is 15.4. The molecule has 1 aliphatic carbocycles. The highest BCUT2D eigenvalue weighted by molar-refractivity contribution is 5.29. The molecule has 2 atom stereocenters. The minimum atomic E-state index is -4.27. The molecule has 1 aromatic rings. The standard InChI is InChI=1S/C16H22F3N/c1-12-5-4-7-14(10-9-12)20-11-13-6-2-3-8-15(13)16(17,18)19/h2-3,6,8,12,14,20H,4-5,7,9-11H2,1H3. The molecule has 0 heterocycles. The van der Waals surface area contributed by atoms with Gasteiger partial charge in [0, 0.05) is 12.6 Å². The van der Waals surface area contributed by atoms with Gasteiger partial charge in [0.2, 0.25) is 0 Å². The lowest BCUT2D eigenvalue weighted by atomic mass is 10.0. The Morgan fingerprint density at radius 1 is 1.10 bits per heavy atom. The minimum Gasteiger partial charge on any atom is -0.310 e. The van der Waals surface area contributed by atoms with Gasteiger partial charge in [-0.15, -0.1) is 0 Å². The molecule has 0 amide bonds. The van der Waals surface area contributed by atoms with E-state index in [-0.39, 0.29) is 0 Å². The maximum Gasteiger partial charge on any atom is 0.416 e. The summed E-state index contributed by atoms with van der Waals surface area (Å²) < 4.78 is 38.7. The third-order valence-electron chi connectivity index (χ3n) is 4.16. The number of rotatable bonds is 3. The van der Waals surface area contributed by atoms with Crippen LogP contribution in [0.1, 0.15) is 50.2 Å². The summed E-state index contributed by atoms with van der Waals surface area (Å²) in [7, 11) is 0. The summed E-state index contributed by atoms with van der Waals surface area (Å²) in [5, 5.41) is 3.31. The molecule has 1 N–H and O–H groups in total. The molecule has 0 radical (unpaired) electrons. The summed E-state index contributed by atoms with van der Waals surface area (Å²) in [5.74, 6) is 0.740. The predicted octanol–water partition coefficient (Wildman–Crippen LogP) is 4.76. The van der Waals surface area contributed by atoms with E-state index in [1.54, 1.807) is 12.1 Å². The molecule has 4 heteroatoms. The highest BCUT2D eigenvalue weighted by Gasteiger charge is 2.32. The predicted molar refractivity (Wildman–Crippen MR) is 74.3 cm³/mol. The van der Waals surface area contributed by atoms with Gasteiger partial charge in [0.15, 0.2) is 0 Å². The van der Waals surface area contributed by atoms with Crippen LogP contribution < -0.4 is 5.32 Å². The van der Waals surface area contributed by atoms with Crippen molar-refractivity contribution in [2.24, 2.45) is 5.92 Å². The van der Waals surface area contributed by atoms with E-state index in [9.17, 15) is 13.2 Å². The van der Waals surface area contributed by atoms with Crippen molar-refractivity contribution in [2.75, 3.05) is 0 Å². The molecule has 0 aromatic heterocycles. The van der Waals surface area contributed by atoms with Crippen LogP contribution in [-0.2, 0) is 12.7 Å². The zero-order valence-corrected chi connectivity index (χ0v) is 11.8. The third-order valence-corrected chi connectivity index (χ3v) is 4.16. The van der Waals surface area contributed by atoms with Gasteiger partial charge in [0.1, 0.15) is 0 Å². The molecule has 1 aromatic carbocycles. The third kappa shape index (κ3) is 4.23. The molecule has 1 nitrogen and oxygen atoms in total. The van der Waals surface area contributed by atoms with Gasteiger partial charge in [-0.1, -0.05) is 38.0 Å². The Morgan fingerprint density at radius 2 is 1.85 bits per heavy atom. The summed E-state index contributed by atoms with van der Waals surface area (Å²) in [5.41, 5.74) is -0.174. The smallest absolute Gasteiger partial charge is 0.310 e. The topological polar surface area (TPSA) is 12.0 Å². The summed E-state index contributed by atoms with van der Waals surface area (Å²) in [6.07, 6.45) is 1.43. The van der Waals surface area contributed by atoms with Gasteiger partial charge >= 0.3 is 6.18 Å². The molecule has 0 bridgehead atoms. The molecule has 20 heavy (non-hydrogen) atoms. The Kier molecular flexibility index (Phi) is 5.08. The molecule has 1 saturated carbocycles. The van der Waals surface area contributed by atoms with Gasteiger partial charge in [0.25, 0.3) is 0 Å². The van der Waals surface area contributed by atoms with E-state index in [0.29, 0.717) is 18.2 Å². The number of hydrogen-bond acceptors (Lipinski definition) is 1. The molecule has 1 aliphatic rings. The van der Waals surface area contributed by atoms with Crippen LogP contribution in [0.4, 0.5) is 13.2 Å². The van der Waals surface area contributed by atoms with Crippen LogP contribution in [0.5, 0.6) is 0 Å². The zero-order valence-electron chi connectivity index (χ0n) is 11.8. The summed E-state index contributed by atoms with van der Waals surface area (Å²) in [4.78, 5) is 0. The van der Waals surface area contributed by atoms with Crippen LogP contribution >= 0.6 is 0 Å². The molecular weight excluding hydrogens is 263 g/mol. The Hall–Kier alpha value is -1.03. The number of halogens is 3. The molecule has 1 fully saturated rings. The van der Waals surface area contributed by atoms with E-state index < -0.39 is 11.7 Å². The fourth-order valence-electron chi connectivity index (χ4n) is 2.90. The minimum absolute atomic E-state index is 0.300. The first-order valence-corrected chi connectivity index (χ1v) is 7.35. The van der Waals surface area contributed by atoms with Gasteiger partial charge < -0.3 is 5.32 Å². The SMILES string of the molecule is CC1CCCC(NCc2ccccc2C(F)(F)F)CC1. The average Bonchev–Trinajstić information content (AvgIpc) is 2.60. The number of alkyl halides is 3. The van der Waals surface area contributed by atoms with E-state index in [4.69, 9.17) is 0 Å². The Morgan fingerprint density at radius 3 is 2.60 bits per heavy atom. The van der Waals surface area contributed by atoms with Gasteiger partial charge in [-0.3, -0.25) is 0 Å². The van der Waals surface area contributed by atoms with E-state index in [2.05, 4.69) is 12.2 Å². The van der Waals surface area contributed by atoms with Crippen molar-refractivity contribution in [3.63, 3.8) is 0 Å². The maximum absolute atomic E-state index is 12.9. The van der Waals surface area contributed by atoms with Gasteiger partial charge in [-0.25, -0.2) is 0 Å². The number of nitrogens with one attached hydrogen (secondary N) is 1. The first-order chi connectivity index (χ1) is 9.47. The molecule has 2 unspecified atom stereocenters. The second-order valence-electron chi connectivity index (χ2n) is 5.85. The maximum atomic E-state index is 12.9. The van der Waals surface area contributed by atoms with Crippen LogP contribution in [0.25, 0.3) is 0 Å². The van der Waals surface area contributed by atoms with E-state index in [1.807, 2.05) is 0 Å². The van der Waals surface area contributed by atoms with Crippen molar-refractivity contribution < 1.29 is 13.2 Å². The van der Waals surface area contributed by atoms with Crippen LogP contribution in [0.15, 0.2) is 24.3 Å². The Bertz CT molecular complexity index is 428. The van der Waals surface area contributed by atoms with E-state index in [0.717, 1.165) is 24.8 Å². The van der Waals surface area contributed by atoms with Crippen LogP contribution in [-0.4, -0.2) is 6.04 Å². The highest BCUT2D eigenvalue weighted by atomic mass is 19.4. The van der Waals surface area contributed by atoms with Crippen LogP contribution in [0.3, 0.4) is 0 Å². The van der Waals surface area contributed by atoms with Crippen molar-refractivity contribution in [2.45, 2.75) is 57.8 Å². The van der Waals surface area contributed by atoms with Crippen molar-refractivity contribution >= 4 is 0 Å². The molecule has 112 valence electrons. The average molecular weight is 285 g/mol. The normalized spacial score (nSPS) is 24.4. The van der Waals surface area contributed by atoms with Crippen molar-refractivity contribution in [3.8, 4) is 0 Å². The van der Waals surface area contributed by atoms with E-state index >= 15 is 0 Å². The van der Waals surface area contributed by atoms with Crippen molar-refractivity contribution in [3.05, 3.63) is 35.4 Å². The van der Waals surface area contributed by atoms with Crippen LogP contribution in [0, 0.1) is 5.92 Å².